The first-order chi connectivity index (χ1) is 10.5. The average Bonchev–Trinajstić information content (AvgIpc) is 2.47. The molecule has 0 aliphatic carbocycles. The van der Waals surface area contributed by atoms with Crippen molar-refractivity contribution in [3.63, 3.8) is 0 Å². The molecule has 0 fully saturated rings. The van der Waals surface area contributed by atoms with E-state index in [-0.39, 0.29) is 12.5 Å². The number of hydrogen-bond donors (Lipinski definition) is 2. The zero-order valence-corrected chi connectivity index (χ0v) is 13.6. The molecule has 0 atom stereocenters. The molecule has 0 unspecified atom stereocenters. The molecule has 0 bridgehead atoms. The number of rotatable bonds is 5. The highest BCUT2D eigenvalue weighted by Crippen LogP contribution is 2.19. The highest BCUT2D eigenvalue weighted by Gasteiger charge is 2.01. The van der Waals surface area contributed by atoms with Gasteiger partial charge in [0.15, 0.2) is 0 Å². The predicted octanol–water partition coefficient (Wildman–Crippen LogP) is 4.21. The Bertz CT molecular complexity index is 704. The van der Waals surface area contributed by atoms with Gasteiger partial charge in [-0.05, 0) is 30.3 Å². The molecule has 0 radical (unpaired) electrons. The minimum atomic E-state index is -0.290. The Morgan fingerprint density at radius 2 is 1.86 bits per heavy atom. The molecule has 0 saturated heterocycles. The first kappa shape index (κ1) is 16.6. The number of hydrazone groups is 1. The van der Waals surface area contributed by atoms with Gasteiger partial charge in [0.2, 0.25) is 0 Å². The van der Waals surface area contributed by atoms with Crippen molar-refractivity contribution in [2.45, 2.75) is 0 Å². The Hall–Kier alpha value is -1.75. The maximum absolute atomic E-state index is 11.7. The van der Waals surface area contributed by atoms with Gasteiger partial charge in [0.1, 0.15) is 0 Å². The van der Waals surface area contributed by atoms with Crippen LogP contribution in [0.5, 0.6) is 0 Å². The zero-order valence-electron chi connectivity index (χ0n) is 11.3. The molecule has 0 saturated carbocycles. The monoisotopic (exact) mass is 355 g/mol. The van der Waals surface area contributed by atoms with E-state index >= 15 is 0 Å². The van der Waals surface area contributed by atoms with Crippen LogP contribution < -0.4 is 10.7 Å². The third kappa shape index (κ3) is 5.22. The molecule has 0 aromatic heterocycles. The van der Waals surface area contributed by atoms with Crippen LogP contribution in [0.15, 0.2) is 47.6 Å². The van der Waals surface area contributed by atoms with Crippen molar-refractivity contribution >= 4 is 52.6 Å². The lowest BCUT2D eigenvalue weighted by atomic mass is 10.2. The lowest BCUT2D eigenvalue weighted by molar-refractivity contribution is -0.119. The summed E-state index contributed by atoms with van der Waals surface area (Å²) in [6, 6.07) is 12.1. The Labute approximate surface area is 143 Å². The first-order valence-corrected chi connectivity index (χ1v) is 7.44. The van der Waals surface area contributed by atoms with Crippen LogP contribution in [0.4, 0.5) is 5.69 Å². The molecule has 7 heteroatoms. The van der Waals surface area contributed by atoms with E-state index in [1.54, 1.807) is 36.4 Å². The van der Waals surface area contributed by atoms with E-state index in [0.717, 1.165) is 5.69 Å². The standard InChI is InChI=1S/C15H12Cl3N3O/c16-11-2-1-3-13(6-11)19-9-15(22)21-20-8-10-4-5-12(17)7-14(10)18/h1-8,19H,9H2,(H,21,22)/b20-8+. The Morgan fingerprint density at radius 1 is 1.09 bits per heavy atom. The van der Waals surface area contributed by atoms with Crippen molar-refractivity contribution in [3.05, 3.63) is 63.1 Å². The topological polar surface area (TPSA) is 53.5 Å². The van der Waals surface area contributed by atoms with Gasteiger partial charge in [-0.1, -0.05) is 46.9 Å². The lowest BCUT2D eigenvalue weighted by Gasteiger charge is -2.05. The third-order valence-electron chi connectivity index (χ3n) is 2.63. The SMILES string of the molecule is O=C(CNc1cccc(Cl)c1)N/N=C/c1ccc(Cl)cc1Cl. The van der Waals surface area contributed by atoms with Gasteiger partial charge in [-0.2, -0.15) is 5.10 Å². The highest BCUT2D eigenvalue weighted by molar-refractivity contribution is 6.36. The van der Waals surface area contributed by atoms with Crippen LogP contribution in [-0.2, 0) is 4.79 Å². The van der Waals surface area contributed by atoms with Gasteiger partial charge in [0, 0.05) is 21.3 Å². The molecule has 1 amide bonds. The van der Waals surface area contributed by atoms with Gasteiger partial charge in [-0.3, -0.25) is 4.79 Å². The number of hydrogen-bond acceptors (Lipinski definition) is 3. The van der Waals surface area contributed by atoms with Crippen molar-refractivity contribution in [1.82, 2.24) is 5.43 Å². The van der Waals surface area contributed by atoms with Gasteiger partial charge in [-0.15, -0.1) is 0 Å². The zero-order chi connectivity index (χ0) is 15.9. The van der Waals surface area contributed by atoms with Crippen LogP contribution in [0.2, 0.25) is 15.1 Å². The minimum absolute atomic E-state index is 0.0754. The quantitative estimate of drug-likeness (QED) is 0.623. The molecule has 2 rings (SSSR count). The van der Waals surface area contributed by atoms with Crippen molar-refractivity contribution in [1.29, 1.82) is 0 Å². The molecule has 0 aliphatic rings. The number of anilines is 1. The largest absolute Gasteiger partial charge is 0.376 e. The van der Waals surface area contributed by atoms with Gasteiger partial charge in [0.05, 0.1) is 17.8 Å². The number of amides is 1. The summed E-state index contributed by atoms with van der Waals surface area (Å²) in [5.74, 6) is -0.290. The second-order valence-electron chi connectivity index (χ2n) is 4.32. The lowest BCUT2D eigenvalue weighted by Crippen LogP contribution is -2.25. The summed E-state index contributed by atoms with van der Waals surface area (Å²) in [4.78, 5) is 11.7. The number of benzene rings is 2. The molecule has 2 N–H and O–H groups in total. The van der Waals surface area contributed by atoms with Gasteiger partial charge in [-0.25, -0.2) is 5.43 Å². The summed E-state index contributed by atoms with van der Waals surface area (Å²) in [5.41, 5.74) is 3.82. The van der Waals surface area contributed by atoms with Crippen LogP contribution >= 0.6 is 34.8 Å². The molecule has 0 heterocycles. The van der Waals surface area contributed by atoms with Gasteiger partial charge in [0.25, 0.3) is 5.91 Å². The molecular formula is C15H12Cl3N3O. The van der Waals surface area contributed by atoms with Crippen LogP contribution in [0.3, 0.4) is 0 Å². The molecule has 114 valence electrons. The fourth-order valence-electron chi connectivity index (χ4n) is 1.60. The maximum Gasteiger partial charge on any atom is 0.259 e. The van der Waals surface area contributed by atoms with Gasteiger partial charge < -0.3 is 5.32 Å². The summed E-state index contributed by atoms with van der Waals surface area (Å²) in [7, 11) is 0. The Kier molecular flexibility index (Phi) is 6.07. The highest BCUT2D eigenvalue weighted by atomic mass is 35.5. The minimum Gasteiger partial charge on any atom is -0.376 e. The summed E-state index contributed by atoms with van der Waals surface area (Å²) in [6.45, 7) is 0.0754. The van der Waals surface area contributed by atoms with E-state index in [9.17, 15) is 4.79 Å². The predicted molar refractivity (Wildman–Crippen MR) is 92.1 cm³/mol. The van der Waals surface area contributed by atoms with Crippen LogP contribution in [0.25, 0.3) is 0 Å². The van der Waals surface area contributed by atoms with E-state index < -0.39 is 0 Å². The van der Waals surface area contributed by atoms with E-state index in [2.05, 4.69) is 15.8 Å². The number of nitrogens with one attached hydrogen (secondary N) is 2. The Balaban J connectivity index is 1.83. The van der Waals surface area contributed by atoms with E-state index in [1.807, 2.05) is 6.07 Å². The molecule has 4 nitrogen and oxygen atoms in total. The van der Waals surface area contributed by atoms with Crippen LogP contribution in [0, 0.1) is 0 Å². The fraction of sp³-hybridized carbons (Fsp3) is 0.0667. The average molecular weight is 357 g/mol. The van der Waals surface area contributed by atoms with E-state index in [4.69, 9.17) is 34.8 Å². The van der Waals surface area contributed by atoms with E-state index in [0.29, 0.717) is 20.6 Å². The van der Waals surface area contributed by atoms with Crippen molar-refractivity contribution in [2.75, 3.05) is 11.9 Å². The normalized spacial score (nSPS) is 10.7. The maximum atomic E-state index is 11.7. The van der Waals surface area contributed by atoms with Crippen molar-refractivity contribution < 1.29 is 4.79 Å². The van der Waals surface area contributed by atoms with Crippen molar-refractivity contribution in [2.24, 2.45) is 5.10 Å². The molecular weight excluding hydrogens is 345 g/mol. The number of nitrogens with zero attached hydrogens (tertiary/aromatic N) is 1. The van der Waals surface area contributed by atoms with Crippen molar-refractivity contribution in [3.8, 4) is 0 Å². The van der Waals surface area contributed by atoms with E-state index in [1.165, 1.54) is 6.21 Å². The Morgan fingerprint density at radius 3 is 2.59 bits per heavy atom. The molecule has 0 spiro atoms. The molecule has 2 aromatic rings. The summed E-state index contributed by atoms with van der Waals surface area (Å²) >= 11 is 17.6. The number of halogens is 3. The number of carbonyl (C=O) groups excluding carboxylic acids is 1. The number of carbonyl (C=O) groups is 1. The second-order valence-corrected chi connectivity index (χ2v) is 5.60. The summed E-state index contributed by atoms with van der Waals surface area (Å²) < 4.78 is 0. The summed E-state index contributed by atoms with van der Waals surface area (Å²) in [6.07, 6.45) is 1.45. The third-order valence-corrected chi connectivity index (χ3v) is 3.43. The van der Waals surface area contributed by atoms with Gasteiger partial charge >= 0.3 is 0 Å². The second kappa shape index (κ2) is 8.03. The molecule has 2 aromatic carbocycles. The van der Waals surface area contributed by atoms with Crippen LogP contribution in [-0.4, -0.2) is 18.7 Å². The summed E-state index contributed by atoms with van der Waals surface area (Å²) in [5, 5.41) is 8.38. The first-order valence-electron chi connectivity index (χ1n) is 6.31. The molecule has 22 heavy (non-hydrogen) atoms. The smallest absolute Gasteiger partial charge is 0.259 e. The molecule has 0 aliphatic heterocycles. The fourth-order valence-corrected chi connectivity index (χ4v) is 2.25. The van der Waals surface area contributed by atoms with Crippen LogP contribution in [0.1, 0.15) is 5.56 Å².